The number of aryl methyl sites for hydroxylation is 1. The Bertz CT molecular complexity index is 780. The van der Waals surface area contributed by atoms with Crippen molar-refractivity contribution < 1.29 is 18.7 Å². The summed E-state index contributed by atoms with van der Waals surface area (Å²) in [5.41, 5.74) is 1.59. The van der Waals surface area contributed by atoms with Crippen molar-refractivity contribution in [3.63, 3.8) is 0 Å². The number of ether oxygens (including phenoxy) is 1. The topological polar surface area (TPSA) is 79.5 Å². The zero-order valence-electron chi connectivity index (χ0n) is 14.8. The molecule has 0 saturated heterocycles. The zero-order valence-corrected chi connectivity index (χ0v) is 14.8. The summed E-state index contributed by atoms with van der Waals surface area (Å²) in [7, 11) is 1.57. The maximum absolute atomic E-state index is 13.5. The van der Waals surface area contributed by atoms with E-state index in [0.717, 1.165) is 5.56 Å². The summed E-state index contributed by atoms with van der Waals surface area (Å²) in [6.07, 6.45) is 0. The van der Waals surface area contributed by atoms with Crippen molar-refractivity contribution in [2.75, 3.05) is 20.2 Å². The van der Waals surface area contributed by atoms with E-state index in [1.165, 1.54) is 6.07 Å². The van der Waals surface area contributed by atoms with Gasteiger partial charge in [0.2, 0.25) is 0 Å². The molecular weight excluding hydrogens is 337 g/mol. The number of nitrogens with one attached hydrogen (secondary N) is 3. The van der Waals surface area contributed by atoms with Crippen LogP contribution in [-0.2, 0) is 6.54 Å². The maximum atomic E-state index is 13.5. The van der Waals surface area contributed by atoms with E-state index in [1.54, 1.807) is 26.2 Å². The molecule has 0 heterocycles. The van der Waals surface area contributed by atoms with Crippen LogP contribution in [0.3, 0.4) is 0 Å². The Balaban J connectivity index is 1.69. The lowest BCUT2D eigenvalue weighted by Gasteiger charge is -2.11. The lowest BCUT2D eigenvalue weighted by molar-refractivity contribution is 0.0953. The van der Waals surface area contributed by atoms with Gasteiger partial charge in [-0.25, -0.2) is 9.18 Å². The number of halogens is 1. The maximum Gasteiger partial charge on any atom is 0.315 e. The third-order valence-corrected chi connectivity index (χ3v) is 3.76. The monoisotopic (exact) mass is 359 g/mol. The smallest absolute Gasteiger partial charge is 0.315 e. The van der Waals surface area contributed by atoms with Crippen LogP contribution in [0.25, 0.3) is 0 Å². The normalized spacial score (nSPS) is 10.1. The lowest BCUT2D eigenvalue weighted by Crippen LogP contribution is -2.40. The number of hydrogen-bond donors (Lipinski definition) is 3. The first-order chi connectivity index (χ1) is 12.5. The van der Waals surface area contributed by atoms with Crippen LogP contribution < -0.4 is 20.7 Å². The molecule has 0 fully saturated rings. The minimum Gasteiger partial charge on any atom is -0.496 e. The molecule has 0 saturated carbocycles. The van der Waals surface area contributed by atoms with Gasteiger partial charge in [-0.15, -0.1) is 0 Å². The second-order valence-corrected chi connectivity index (χ2v) is 5.64. The third kappa shape index (κ3) is 5.47. The van der Waals surface area contributed by atoms with Gasteiger partial charge in [0.15, 0.2) is 0 Å². The summed E-state index contributed by atoms with van der Waals surface area (Å²) in [6.45, 7) is 2.43. The highest BCUT2D eigenvalue weighted by Crippen LogP contribution is 2.16. The third-order valence-electron chi connectivity index (χ3n) is 3.76. The minimum atomic E-state index is -0.425. The Hall–Kier alpha value is -3.09. The molecule has 0 bridgehead atoms. The predicted molar refractivity (Wildman–Crippen MR) is 96.7 cm³/mol. The van der Waals surface area contributed by atoms with Crippen LogP contribution in [0.15, 0.2) is 42.5 Å². The number of rotatable bonds is 7. The molecular formula is C19H22FN3O3. The first-order valence-corrected chi connectivity index (χ1v) is 8.19. The van der Waals surface area contributed by atoms with Crippen LogP contribution in [0, 0.1) is 12.7 Å². The number of carbonyl (C=O) groups is 2. The average molecular weight is 359 g/mol. The molecule has 3 N–H and O–H groups in total. The molecule has 6 nitrogen and oxygen atoms in total. The van der Waals surface area contributed by atoms with Crippen molar-refractivity contribution in [1.82, 2.24) is 16.0 Å². The molecule has 2 aromatic carbocycles. The highest BCUT2D eigenvalue weighted by molar-refractivity contribution is 5.94. The summed E-state index contributed by atoms with van der Waals surface area (Å²) in [5, 5.41) is 7.98. The number of amides is 3. The average Bonchev–Trinajstić information content (AvgIpc) is 2.65. The zero-order chi connectivity index (χ0) is 18.9. The van der Waals surface area contributed by atoms with E-state index < -0.39 is 5.82 Å². The second kappa shape index (κ2) is 9.41. The van der Waals surface area contributed by atoms with Crippen LogP contribution >= 0.6 is 0 Å². The van der Waals surface area contributed by atoms with E-state index in [4.69, 9.17) is 4.74 Å². The van der Waals surface area contributed by atoms with Gasteiger partial charge in [0.05, 0.1) is 7.11 Å². The minimum absolute atomic E-state index is 0.233. The molecule has 2 rings (SSSR count). The van der Waals surface area contributed by atoms with Crippen LogP contribution in [0.5, 0.6) is 5.75 Å². The van der Waals surface area contributed by atoms with Gasteiger partial charge in [-0.2, -0.15) is 0 Å². The van der Waals surface area contributed by atoms with Crippen LogP contribution in [-0.4, -0.2) is 32.1 Å². The molecule has 0 radical (unpaired) electrons. The van der Waals surface area contributed by atoms with Crippen LogP contribution in [0.2, 0.25) is 0 Å². The molecule has 0 aromatic heterocycles. The summed E-state index contributed by atoms with van der Waals surface area (Å²) < 4.78 is 18.7. The SMILES string of the molecule is COc1ccccc1CNC(=O)NCCNC(=O)c1ccc(C)c(F)c1. The van der Waals surface area contributed by atoms with Gasteiger partial charge in [-0.3, -0.25) is 4.79 Å². The van der Waals surface area contributed by atoms with Gasteiger partial charge in [-0.05, 0) is 30.7 Å². The van der Waals surface area contributed by atoms with Crippen molar-refractivity contribution in [2.24, 2.45) is 0 Å². The molecule has 0 aliphatic carbocycles. The number of carbonyl (C=O) groups excluding carboxylic acids is 2. The fourth-order valence-electron chi connectivity index (χ4n) is 2.28. The highest BCUT2D eigenvalue weighted by atomic mass is 19.1. The highest BCUT2D eigenvalue weighted by Gasteiger charge is 2.08. The second-order valence-electron chi connectivity index (χ2n) is 5.64. The molecule has 0 unspecified atom stereocenters. The summed E-state index contributed by atoms with van der Waals surface area (Å²) in [4.78, 5) is 23.7. The quantitative estimate of drug-likeness (QED) is 0.664. The van der Waals surface area contributed by atoms with Gasteiger partial charge < -0.3 is 20.7 Å². The first kappa shape index (κ1) is 19.2. The van der Waals surface area contributed by atoms with E-state index in [-0.39, 0.29) is 30.6 Å². The van der Waals surface area contributed by atoms with Crippen molar-refractivity contribution >= 4 is 11.9 Å². The predicted octanol–water partition coefficient (Wildman–Crippen LogP) is 2.37. The summed E-state index contributed by atoms with van der Waals surface area (Å²) in [5.74, 6) is -0.114. The molecule has 0 spiro atoms. The Morgan fingerprint density at radius 3 is 2.50 bits per heavy atom. The Morgan fingerprint density at radius 2 is 1.77 bits per heavy atom. The number of methoxy groups -OCH3 is 1. The molecule has 7 heteroatoms. The van der Waals surface area contributed by atoms with Crippen molar-refractivity contribution in [2.45, 2.75) is 13.5 Å². The van der Waals surface area contributed by atoms with Gasteiger partial charge in [-0.1, -0.05) is 24.3 Å². The number of para-hydroxylation sites is 1. The largest absolute Gasteiger partial charge is 0.496 e. The van der Waals surface area contributed by atoms with E-state index >= 15 is 0 Å². The van der Waals surface area contributed by atoms with Gasteiger partial charge in [0.1, 0.15) is 11.6 Å². The Kier molecular flexibility index (Phi) is 6.96. The van der Waals surface area contributed by atoms with Crippen LogP contribution in [0.1, 0.15) is 21.5 Å². The molecule has 26 heavy (non-hydrogen) atoms. The summed E-state index contributed by atoms with van der Waals surface area (Å²) >= 11 is 0. The fraction of sp³-hybridized carbons (Fsp3) is 0.263. The molecule has 0 atom stereocenters. The molecule has 2 aromatic rings. The van der Waals surface area contributed by atoms with E-state index in [0.29, 0.717) is 17.9 Å². The van der Waals surface area contributed by atoms with Crippen molar-refractivity contribution in [3.8, 4) is 5.75 Å². The van der Waals surface area contributed by atoms with Gasteiger partial charge in [0, 0.05) is 30.8 Å². The molecule has 138 valence electrons. The fourth-order valence-corrected chi connectivity index (χ4v) is 2.28. The van der Waals surface area contributed by atoms with E-state index in [2.05, 4.69) is 16.0 Å². The van der Waals surface area contributed by atoms with Gasteiger partial charge >= 0.3 is 6.03 Å². The number of urea groups is 1. The van der Waals surface area contributed by atoms with Crippen LogP contribution in [0.4, 0.5) is 9.18 Å². The Morgan fingerprint density at radius 1 is 1.04 bits per heavy atom. The summed E-state index contributed by atoms with van der Waals surface area (Å²) in [6, 6.07) is 11.3. The first-order valence-electron chi connectivity index (χ1n) is 8.19. The van der Waals surface area contributed by atoms with Crippen molar-refractivity contribution in [3.05, 3.63) is 65.0 Å². The molecule has 3 amide bonds. The lowest BCUT2D eigenvalue weighted by atomic mass is 10.1. The number of benzene rings is 2. The Labute approximate surface area is 151 Å². The van der Waals surface area contributed by atoms with Crippen molar-refractivity contribution in [1.29, 1.82) is 0 Å². The van der Waals surface area contributed by atoms with E-state index in [1.807, 2.05) is 24.3 Å². The molecule has 0 aliphatic rings. The number of hydrogen-bond acceptors (Lipinski definition) is 3. The van der Waals surface area contributed by atoms with E-state index in [9.17, 15) is 14.0 Å². The standard InChI is InChI=1S/C19H22FN3O3/c1-13-7-8-14(11-16(13)20)18(24)21-9-10-22-19(25)23-12-15-5-3-4-6-17(15)26-2/h3-8,11H,9-10,12H2,1-2H3,(H,21,24)(H2,22,23,25). The van der Waals surface area contributed by atoms with Gasteiger partial charge in [0.25, 0.3) is 5.91 Å². The molecule has 0 aliphatic heterocycles.